The maximum atomic E-state index is 14.5. The average Bonchev–Trinajstić information content (AvgIpc) is 2.89. The van der Waals surface area contributed by atoms with E-state index < -0.39 is 23.0 Å². The summed E-state index contributed by atoms with van der Waals surface area (Å²) >= 11 is 0. The molecule has 10 heteroatoms. The topological polar surface area (TPSA) is 136 Å². The summed E-state index contributed by atoms with van der Waals surface area (Å²) in [5.74, 6) is -1.90. The summed E-state index contributed by atoms with van der Waals surface area (Å²) in [7, 11) is 1.50. The predicted molar refractivity (Wildman–Crippen MR) is 142 cm³/mol. The number of ether oxygens (including phenoxy) is 1. The number of aliphatic hydroxyl groups is 1. The molecule has 8 nitrogen and oxygen atoms in total. The number of carbonyl (C=O) groups excluding carboxylic acids is 1. The highest BCUT2D eigenvalue weighted by Crippen LogP contribution is 2.30. The number of pyridine rings is 2. The molecule has 196 valence electrons. The molecule has 0 spiro atoms. The van der Waals surface area contributed by atoms with Crippen LogP contribution in [0.5, 0.6) is 5.75 Å². The number of nitrogen functional groups attached to an aromatic ring is 1. The first kappa shape index (κ1) is 29.1. The zero-order chi connectivity index (χ0) is 27.6. The first-order valence-electron chi connectivity index (χ1n) is 11.2. The molecule has 2 heterocycles. The van der Waals surface area contributed by atoms with Crippen LogP contribution in [0.2, 0.25) is 0 Å². The van der Waals surface area contributed by atoms with Gasteiger partial charge in [0.1, 0.15) is 19.2 Å². The van der Waals surface area contributed by atoms with Crippen LogP contribution >= 0.6 is 0 Å². The number of aromatic nitrogens is 2. The third kappa shape index (κ3) is 7.92. The van der Waals surface area contributed by atoms with Crippen LogP contribution in [0.4, 0.5) is 20.3 Å². The average molecular weight is 512 g/mol. The molecule has 0 radical (unpaired) electrons. The van der Waals surface area contributed by atoms with Crippen LogP contribution in [-0.2, 0) is 11.3 Å². The van der Waals surface area contributed by atoms with E-state index in [9.17, 15) is 13.9 Å². The fourth-order valence-electron chi connectivity index (χ4n) is 3.29. The second-order valence-corrected chi connectivity index (χ2v) is 8.39. The van der Waals surface area contributed by atoms with Gasteiger partial charge in [0.05, 0.1) is 22.5 Å². The first-order valence-corrected chi connectivity index (χ1v) is 11.2. The molecular weight excluding hydrogens is 480 g/mol. The van der Waals surface area contributed by atoms with Crippen LogP contribution in [-0.4, -0.2) is 41.1 Å². The standard InChI is InChI=1S/C25H24F2N4O2.CH5N.CH2O/c1-25(2,32)14-33-23-18(26)11-17(12-19(23)27)22-8-6-20(28)24(31-22)30-13-15-5-7-21-16(10-15)4-3-9-29-21;2*1-2/h3-12,32H,13-14,28H2,1-2H3,(H,30,31);2H2,1H3;1H2. The van der Waals surface area contributed by atoms with Crippen LogP contribution in [0.25, 0.3) is 22.2 Å². The van der Waals surface area contributed by atoms with E-state index in [4.69, 9.17) is 15.3 Å². The summed E-state index contributed by atoms with van der Waals surface area (Å²) in [5.41, 5.74) is 12.2. The molecule has 37 heavy (non-hydrogen) atoms. The Morgan fingerprint density at radius 2 is 1.73 bits per heavy atom. The zero-order valence-electron chi connectivity index (χ0n) is 21.0. The SMILES string of the molecule is C=O.CC(C)(O)COc1c(F)cc(-c2ccc(N)c(NCc3ccc4ncccc4c3)n2)cc1F.CN. The Morgan fingerprint density at radius 3 is 2.38 bits per heavy atom. The van der Waals surface area contributed by atoms with Crippen LogP contribution in [0.3, 0.4) is 0 Å². The lowest BCUT2D eigenvalue weighted by Gasteiger charge is -2.18. The highest BCUT2D eigenvalue weighted by molar-refractivity contribution is 5.79. The quantitative estimate of drug-likeness (QED) is 0.288. The van der Waals surface area contributed by atoms with Gasteiger partial charge in [0.15, 0.2) is 17.4 Å². The Balaban J connectivity index is 0.00000115. The molecule has 0 aliphatic carbocycles. The van der Waals surface area contributed by atoms with Gasteiger partial charge >= 0.3 is 0 Å². The number of fused-ring (bicyclic) bond motifs is 1. The third-order valence-electron chi connectivity index (χ3n) is 4.92. The number of rotatable bonds is 7. The summed E-state index contributed by atoms with van der Waals surface area (Å²) in [4.78, 5) is 16.8. The largest absolute Gasteiger partial charge is 0.485 e. The number of hydrogen-bond donors (Lipinski definition) is 4. The summed E-state index contributed by atoms with van der Waals surface area (Å²) in [6.45, 7) is 5.18. The van der Waals surface area contributed by atoms with Gasteiger partial charge in [0, 0.05) is 23.7 Å². The number of nitrogens with two attached hydrogens (primary N) is 2. The van der Waals surface area contributed by atoms with Crippen molar-refractivity contribution in [2.45, 2.75) is 26.0 Å². The van der Waals surface area contributed by atoms with E-state index in [0.29, 0.717) is 23.7 Å². The van der Waals surface area contributed by atoms with E-state index >= 15 is 0 Å². The molecule has 2 aromatic carbocycles. The number of halogens is 2. The van der Waals surface area contributed by atoms with Crippen LogP contribution in [0, 0.1) is 11.6 Å². The number of benzene rings is 2. The molecule has 0 fully saturated rings. The van der Waals surface area contributed by atoms with E-state index in [-0.39, 0.29) is 12.2 Å². The van der Waals surface area contributed by atoms with Crippen molar-refractivity contribution in [3.05, 3.63) is 78.0 Å². The van der Waals surface area contributed by atoms with Crippen molar-refractivity contribution in [3.8, 4) is 17.0 Å². The van der Waals surface area contributed by atoms with Crippen molar-refractivity contribution in [2.75, 3.05) is 24.7 Å². The highest BCUT2D eigenvalue weighted by atomic mass is 19.1. The van der Waals surface area contributed by atoms with Gasteiger partial charge in [-0.1, -0.05) is 12.1 Å². The van der Waals surface area contributed by atoms with E-state index in [1.165, 1.54) is 20.9 Å². The normalized spacial score (nSPS) is 10.6. The number of nitrogens with zero attached hydrogens (tertiary/aromatic N) is 2. The number of nitrogens with one attached hydrogen (secondary N) is 1. The molecule has 0 bridgehead atoms. The number of carbonyl (C=O) groups is 1. The molecule has 0 unspecified atom stereocenters. The lowest BCUT2D eigenvalue weighted by atomic mass is 10.1. The summed E-state index contributed by atoms with van der Waals surface area (Å²) in [5, 5.41) is 13.9. The van der Waals surface area contributed by atoms with Crippen LogP contribution in [0.15, 0.2) is 60.8 Å². The molecule has 0 aliphatic heterocycles. The monoisotopic (exact) mass is 511 g/mol. The molecule has 6 N–H and O–H groups in total. The Morgan fingerprint density at radius 1 is 1.05 bits per heavy atom. The Kier molecular flexibility index (Phi) is 10.4. The van der Waals surface area contributed by atoms with Gasteiger partial charge in [-0.2, -0.15) is 0 Å². The van der Waals surface area contributed by atoms with E-state index in [1.807, 2.05) is 37.1 Å². The number of hydrogen-bond acceptors (Lipinski definition) is 8. The van der Waals surface area contributed by atoms with Gasteiger partial charge in [-0.05, 0) is 68.9 Å². The van der Waals surface area contributed by atoms with Gasteiger partial charge in [0.2, 0.25) is 0 Å². The molecule has 4 rings (SSSR count). The van der Waals surface area contributed by atoms with Crippen molar-refractivity contribution < 1.29 is 23.4 Å². The van der Waals surface area contributed by atoms with E-state index in [2.05, 4.69) is 21.0 Å². The summed E-state index contributed by atoms with van der Waals surface area (Å²) < 4.78 is 34.2. The van der Waals surface area contributed by atoms with E-state index in [1.54, 1.807) is 18.3 Å². The number of anilines is 2. The fourth-order valence-corrected chi connectivity index (χ4v) is 3.29. The molecule has 0 saturated heterocycles. The molecule has 0 atom stereocenters. The molecule has 4 aromatic rings. The van der Waals surface area contributed by atoms with Crippen molar-refractivity contribution >= 4 is 29.2 Å². The second kappa shape index (κ2) is 13.2. The fraction of sp³-hybridized carbons (Fsp3) is 0.222. The predicted octanol–water partition coefficient (Wildman–Crippen LogP) is 4.31. The van der Waals surface area contributed by atoms with Gasteiger partial charge in [-0.3, -0.25) is 4.98 Å². The van der Waals surface area contributed by atoms with Crippen molar-refractivity contribution in [2.24, 2.45) is 5.73 Å². The summed E-state index contributed by atoms with van der Waals surface area (Å²) in [6.07, 6.45) is 1.74. The molecule has 2 aromatic heterocycles. The molecule has 0 amide bonds. The first-order chi connectivity index (χ1) is 17.7. The van der Waals surface area contributed by atoms with E-state index in [0.717, 1.165) is 28.6 Å². The van der Waals surface area contributed by atoms with Crippen molar-refractivity contribution in [1.29, 1.82) is 0 Å². The van der Waals surface area contributed by atoms with Gasteiger partial charge in [-0.25, -0.2) is 13.8 Å². The maximum Gasteiger partial charge on any atom is 0.190 e. The molecular formula is C27H31F2N5O3. The van der Waals surface area contributed by atoms with Gasteiger partial charge < -0.3 is 31.4 Å². The summed E-state index contributed by atoms with van der Waals surface area (Å²) in [6, 6.07) is 15.3. The maximum absolute atomic E-state index is 14.5. The Labute approximate surface area is 214 Å². The smallest absolute Gasteiger partial charge is 0.190 e. The van der Waals surface area contributed by atoms with Crippen LogP contribution in [0.1, 0.15) is 19.4 Å². The Bertz CT molecular complexity index is 1310. The zero-order valence-corrected chi connectivity index (χ0v) is 21.0. The highest BCUT2D eigenvalue weighted by Gasteiger charge is 2.19. The Hall–Kier alpha value is -4.15. The minimum absolute atomic E-state index is 0.237. The van der Waals surface area contributed by atoms with Crippen molar-refractivity contribution in [3.63, 3.8) is 0 Å². The molecule has 0 aliphatic rings. The molecule has 0 saturated carbocycles. The van der Waals surface area contributed by atoms with Crippen molar-refractivity contribution in [1.82, 2.24) is 9.97 Å². The minimum atomic E-state index is -1.22. The third-order valence-corrected chi connectivity index (χ3v) is 4.92. The van der Waals surface area contributed by atoms with Gasteiger partial charge in [-0.15, -0.1) is 0 Å². The second-order valence-electron chi connectivity index (χ2n) is 8.39. The van der Waals surface area contributed by atoms with Gasteiger partial charge in [0.25, 0.3) is 0 Å². The minimum Gasteiger partial charge on any atom is -0.485 e. The van der Waals surface area contributed by atoms with Crippen LogP contribution < -0.4 is 21.5 Å². The lowest BCUT2D eigenvalue weighted by molar-refractivity contribution is -0.0980. The lowest BCUT2D eigenvalue weighted by Crippen LogP contribution is -2.28.